The molecular weight excluding hydrogens is 491 g/mol. The summed E-state index contributed by atoms with van der Waals surface area (Å²) < 4.78 is 15.3. The third kappa shape index (κ3) is 4.58. The second-order valence-corrected chi connectivity index (χ2v) is 10.00. The molecule has 2 aromatic heterocycles. The molecule has 37 heavy (non-hydrogen) atoms. The fraction of sp³-hybridized carbons (Fsp3) is 0.148. The van der Waals surface area contributed by atoms with E-state index in [2.05, 4.69) is 20.6 Å². The van der Waals surface area contributed by atoms with Gasteiger partial charge in [-0.1, -0.05) is 61.6 Å². The molecule has 10 heteroatoms. The van der Waals surface area contributed by atoms with Crippen LogP contribution in [0.4, 0.5) is 9.52 Å². The summed E-state index contributed by atoms with van der Waals surface area (Å²) in [7, 11) is 0. The first kappa shape index (κ1) is 24.3. The van der Waals surface area contributed by atoms with Crippen LogP contribution in [0.2, 0.25) is 0 Å². The Morgan fingerprint density at radius 1 is 1.05 bits per heavy atom. The van der Waals surface area contributed by atoms with Gasteiger partial charge in [0.1, 0.15) is 11.3 Å². The van der Waals surface area contributed by atoms with Crippen LogP contribution in [0, 0.1) is 11.2 Å². The second kappa shape index (κ2) is 9.55. The SMILES string of the molecule is CC(C)(C(=O)Nc1nncs1)C(c1ccccc1)c1ccc2c(cnn2-c2ccc(F)cc2C(N)=O)c1. The van der Waals surface area contributed by atoms with Gasteiger partial charge in [0.2, 0.25) is 11.0 Å². The lowest BCUT2D eigenvalue weighted by Gasteiger charge is -2.33. The molecule has 2 amide bonds. The quantitative estimate of drug-likeness (QED) is 0.320. The number of carbonyl (C=O) groups excluding carboxylic acids is 2. The third-order valence-corrected chi connectivity index (χ3v) is 7.00. The molecule has 0 bridgehead atoms. The number of rotatable bonds is 7. The first-order valence-corrected chi connectivity index (χ1v) is 12.3. The minimum absolute atomic E-state index is 0.0331. The number of halogens is 1. The molecule has 0 fully saturated rings. The standard InChI is InChI=1S/C27H23FN6O2S/c1-27(2,25(36)32-26-33-30-15-37-26)23(16-6-4-3-5-7-16)17-8-10-21-18(12-17)14-31-34(21)22-11-9-19(28)13-20(22)24(29)35/h3-15,23H,1-2H3,(H2,29,35)(H,32,33,36). The minimum atomic E-state index is -0.868. The zero-order chi connectivity index (χ0) is 26.2. The summed E-state index contributed by atoms with van der Waals surface area (Å²) in [5.41, 5.74) is 9.19. The van der Waals surface area contributed by atoms with Gasteiger partial charge in [-0.3, -0.25) is 9.59 Å². The molecule has 5 aromatic rings. The van der Waals surface area contributed by atoms with Gasteiger partial charge >= 0.3 is 0 Å². The Kier molecular flexibility index (Phi) is 6.26. The highest BCUT2D eigenvalue weighted by Gasteiger charge is 2.39. The third-order valence-electron chi connectivity index (χ3n) is 6.40. The Balaban J connectivity index is 1.59. The monoisotopic (exact) mass is 514 g/mol. The highest BCUT2D eigenvalue weighted by molar-refractivity contribution is 7.13. The van der Waals surface area contributed by atoms with Crippen LogP contribution in [-0.2, 0) is 4.79 Å². The number of nitrogens with zero attached hydrogens (tertiary/aromatic N) is 4. The molecule has 0 aliphatic heterocycles. The van der Waals surface area contributed by atoms with Crippen molar-refractivity contribution in [2.24, 2.45) is 11.1 Å². The number of fused-ring (bicyclic) bond motifs is 1. The number of nitrogens with two attached hydrogens (primary N) is 1. The molecule has 8 nitrogen and oxygen atoms in total. The number of anilines is 1. The smallest absolute Gasteiger partial charge is 0.250 e. The molecule has 5 rings (SSSR count). The molecule has 1 atom stereocenters. The molecule has 186 valence electrons. The second-order valence-electron chi connectivity index (χ2n) is 9.16. The number of amides is 2. The summed E-state index contributed by atoms with van der Waals surface area (Å²) in [6, 6.07) is 19.4. The van der Waals surface area contributed by atoms with Gasteiger partial charge in [-0.25, -0.2) is 9.07 Å². The number of nitrogens with one attached hydrogen (secondary N) is 1. The van der Waals surface area contributed by atoms with Crippen LogP contribution in [-0.4, -0.2) is 31.8 Å². The molecule has 0 radical (unpaired) electrons. The Bertz CT molecular complexity index is 1600. The van der Waals surface area contributed by atoms with Crippen LogP contribution >= 0.6 is 11.3 Å². The maximum Gasteiger partial charge on any atom is 0.250 e. The fourth-order valence-corrected chi connectivity index (χ4v) is 5.04. The van der Waals surface area contributed by atoms with Gasteiger partial charge in [-0.05, 0) is 41.5 Å². The van der Waals surface area contributed by atoms with E-state index in [4.69, 9.17) is 5.73 Å². The summed E-state index contributed by atoms with van der Waals surface area (Å²) >= 11 is 1.26. The van der Waals surface area contributed by atoms with Crippen molar-refractivity contribution in [2.45, 2.75) is 19.8 Å². The van der Waals surface area contributed by atoms with Crippen LogP contribution in [0.15, 0.2) is 78.4 Å². The van der Waals surface area contributed by atoms with Gasteiger partial charge < -0.3 is 11.1 Å². The van der Waals surface area contributed by atoms with Crippen LogP contribution in [0.3, 0.4) is 0 Å². The van der Waals surface area contributed by atoms with Crippen LogP contribution in [0.1, 0.15) is 41.3 Å². The zero-order valence-electron chi connectivity index (χ0n) is 20.1. The lowest BCUT2D eigenvalue weighted by molar-refractivity contribution is -0.124. The molecule has 0 aliphatic carbocycles. The fourth-order valence-electron chi connectivity index (χ4n) is 4.60. The Morgan fingerprint density at radius 3 is 2.54 bits per heavy atom. The molecule has 0 saturated heterocycles. The highest BCUT2D eigenvalue weighted by Crippen LogP contribution is 2.42. The van der Waals surface area contributed by atoms with Gasteiger partial charge in [0.05, 0.1) is 28.4 Å². The van der Waals surface area contributed by atoms with E-state index in [1.54, 1.807) is 16.4 Å². The van der Waals surface area contributed by atoms with E-state index >= 15 is 0 Å². The van der Waals surface area contributed by atoms with Gasteiger partial charge in [0.25, 0.3) is 5.91 Å². The van der Waals surface area contributed by atoms with E-state index in [-0.39, 0.29) is 17.4 Å². The van der Waals surface area contributed by atoms with E-state index in [0.29, 0.717) is 16.3 Å². The molecule has 1 unspecified atom stereocenters. The van der Waals surface area contributed by atoms with E-state index in [1.807, 2.05) is 62.4 Å². The van der Waals surface area contributed by atoms with E-state index < -0.39 is 17.1 Å². The van der Waals surface area contributed by atoms with Gasteiger partial charge in [-0.15, -0.1) is 10.2 Å². The van der Waals surface area contributed by atoms with Crippen molar-refractivity contribution in [3.8, 4) is 5.69 Å². The highest BCUT2D eigenvalue weighted by atomic mass is 32.1. The maximum absolute atomic E-state index is 13.8. The summed E-state index contributed by atoms with van der Waals surface area (Å²) in [6.45, 7) is 3.79. The summed E-state index contributed by atoms with van der Waals surface area (Å²) in [4.78, 5) is 25.4. The molecule has 3 aromatic carbocycles. The predicted octanol–water partition coefficient (Wildman–Crippen LogP) is 4.91. The number of carbonyl (C=O) groups is 2. The molecule has 0 aliphatic rings. The van der Waals surface area contributed by atoms with Crippen LogP contribution < -0.4 is 11.1 Å². The minimum Gasteiger partial charge on any atom is -0.366 e. The molecule has 0 saturated carbocycles. The van der Waals surface area contributed by atoms with Gasteiger partial charge in [0.15, 0.2) is 0 Å². The van der Waals surface area contributed by atoms with Crippen molar-refractivity contribution < 1.29 is 14.0 Å². The van der Waals surface area contributed by atoms with Crippen molar-refractivity contribution >= 4 is 39.2 Å². The van der Waals surface area contributed by atoms with Crippen molar-refractivity contribution in [1.29, 1.82) is 0 Å². The normalized spacial score (nSPS) is 12.4. The van der Waals surface area contributed by atoms with Crippen molar-refractivity contribution in [3.05, 3.63) is 101 Å². The molecule has 2 heterocycles. The Labute approximate surface area is 216 Å². The average Bonchev–Trinajstić information content (AvgIpc) is 3.54. The maximum atomic E-state index is 13.8. The van der Waals surface area contributed by atoms with Crippen molar-refractivity contribution in [2.75, 3.05) is 5.32 Å². The van der Waals surface area contributed by atoms with Gasteiger partial charge in [-0.2, -0.15) is 5.10 Å². The lowest BCUT2D eigenvalue weighted by atomic mass is 9.70. The summed E-state index contributed by atoms with van der Waals surface area (Å²) in [5, 5.41) is 16.3. The topological polar surface area (TPSA) is 116 Å². The lowest BCUT2D eigenvalue weighted by Crippen LogP contribution is -2.37. The van der Waals surface area contributed by atoms with Gasteiger partial charge in [0, 0.05) is 11.3 Å². The van der Waals surface area contributed by atoms with E-state index in [1.165, 1.54) is 23.5 Å². The zero-order valence-corrected chi connectivity index (χ0v) is 20.9. The number of hydrogen-bond donors (Lipinski definition) is 2. The number of benzene rings is 3. The summed E-state index contributed by atoms with van der Waals surface area (Å²) in [6.07, 6.45) is 1.67. The predicted molar refractivity (Wildman–Crippen MR) is 140 cm³/mol. The first-order valence-electron chi connectivity index (χ1n) is 11.5. The first-order chi connectivity index (χ1) is 17.8. The average molecular weight is 515 g/mol. The Hall–Kier alpha value is -4.44. The van der Waals surface area contributed by atoms with Crippen molar-refractivity contribution in [1.82, 2.24) is 20.0 Å². The number of aromatic nitrogens is 4. The molecular formula is C27H23FN6O2S. The Morgan fingerprint density at radius 2 is 1.84 bits per heavy atom. The summed E-state index contributed by atoms with van der Waals surface area (Å²) in [5.74, 6) is -1.80. The van der Waals surface area contributed by atoms with E-state index in [0.717, 1.165) is 22.6 Å². The van der Waals surface area contributed by atoms with Crippen LogP contribution in [0.25, 0.3) is 16.6 Å². The number of hydrogen-bond acceptors (Lipinski definition) is 6. The van der Waals surface area contributed by atoms with E-state index in [9.17, 15) is 14.0 Å². The van der Waals surface area contributed by atoms with Crippen molar-refractivity contribution in [3.63, 3.8) is 0 Å². The molecule has 3 N–H and O–H groups in total. The number of primary amides is 1. The molecule has 0 spiro atoms. The van der Waals surface area contributed by atoms with Crippen LogP contribution in [0.5, 0.6) is 0 Å². The largest absolute Gasteiger partial charge is 0.366 e.